The minimum atomic E-state index is -0.421. The molecule has 1 aromatic heterocycles. The first kappa shape index (κ1) is 11.0. The first-order valence-electron chi connectivity index (χ1n) is 3.89. The highest BCUT2D eigenvalue weighted by atomic mass is 79.9. The van der Waals surface area contributed by atoms with Crippen LogP contribution in [0, 0.1) is 5.82 Å². The monoisotopic (exact) mass is 351 g/mol. The zero-order chi connectivity index (χ0) is 10.8. The molecule has 0 spiro atoms. The molecule has 0 bridgehead atoms. The van der Waals surface area contributed by atoms with Crippen molar-refractivity contribution in [2.24, 2.45) is 0 Å². The molecular weight excluding hydrogens is 349 g/mol. The Labute approximate surface area is 106 Å². The number of thiazole rings is 1. The van der Waals surface area contributed by atoms with E-state index >= 15 is 0 Å². The first-order chi connectivity index (χ1) is 7.15. The fourth-order valence-corrected chi connectivity index (χ4v) is 2.37. The zero-order valence-corrected chi connectivity index (χ0v) is 11.2. The van der Waals surface area contributed by atoms with Gasteiger partial charge in [0.1, 0.15) is 4.60 Å². The summed E-state index contributed by atoms with van der Waals surface area (Å²) in [5.74, 6) is -0.254. The average molecular weight is 353 g/mol. The molecule has 0 aliphatic carbocycles. The molecule has 0 amide bonds. The number of nitrogens with zero attached hydrogens (tertiary/aromatic N) is 1. The first-order valence-corrected chi connectivity index (χ1v) is 6.35. The third-order valence-corrected chi connectivity index (χ3v) is 3.47. The van der Waals surface area contributed by atoms with Crippen LogP contribution in [0.1, 0.15) is 0 Å². The Hall–Kier alpha value is -0.460. The molecule has 0 aliphatic rings. The Morgan fingerprint density at radius 1 is 1.33 bits per heavy atom. The summed E-state index contributed by atoms with van der Waals surface area (Å²) in [5, 5.41) is 2.18. The molecule has 15 heavy (non-hydrogen) atoms. The molecular formula is C9H4Br2FNOS. The number of ether oxygens (including phenoxy) is 1. The van der Waals surface area contributed by atoms with E-state index in [1.54, 1.807) is 17.5 Å². The molecule has 2 rings (SSSR count). The third kappa shape index (κ3) is 2.76. The predicted octanol–water partition coefficient (Wildman–Crippen LogP) is 4.60. The third-order valence-electron chi connectivity index (χ3n) is 1.55. The maximum atomic E-state index is 13.4. The second kappa shape index (κ2) is 4.59. The number of rotatable bonds is 2. The highest BCUT2D eigenvalue weighted by molar-refractivity contribution is 9.10. The van der Waals surface area contributed by atoms with Crippen LogP contribution in [0.3, 0.4) is 0 Å². The number of hydrogen-bond acceptors (Lipinski definition) is 3. The predicted molar refractivity (Wildman–Crippen MR) is 64.0 cm³/mol. The highest BCUT2D eigenvalue weighted by Crippen LogP contribution is 2.30. The molecule has 0 aliphatic heterocycles. The molecule has 0 saturated heterocycles. The van der Waals surface area contributed by atoms with Crippen LogP contribution in [0.4, 0.5) is 4.39 Å². The summed E-state index contributed by atoms with van der Waals surface area (Å²) in [4.78, 5) is 4.00. The van der Waals surface area contributed by atoms with Gasteiger partial charge in [0.25, 0.3) is 5.19 Å². The van der Waals surface area contributed by atoms with Crippen molar-refractivity contribution in [3.63, 3.8) is 0 Å². The van der Waals surface area contributed by atoms with Crippen molar-refractivity contribution in [1.29, 1.82) is 0 Å². The van der Waals surface area contributed by atoms with Crippen LogP contribution in [0.15, 0.2) is 32.7 Å². The second-order valence-corrected chi connectivity index (χ2v) is 5.16. The highest BCUT2D eigenvalue weighted by Gasteiger charge is 2.07. The van der Waals surface area contributed by atoms with Gasteiger partial charge in [-0.3, -0.25) is 0 Å². The van der Waals surface area contributed by atoms with E-state index in [1.165, 1.54) is 17.4 Å². The smallest absolute Gasteiger partial charge is 0.279 e. The van der Waals surface area contributed by atoms with Gasteiger partial charge in [-0.15, -0.1) is 0 Å². The van der Waals surface area contributed by atoms with Gasteiger partial charge in [-0.05, 0) is 34.1 Å². The number of hydrogen-bond donors (Lipinski definition) is 0. The Balaban J connectivity index is 2.24. The molecule has 0 fully saturated rings. The molecule has 1 heterocycles. The lowest BCUT2D eigenvalue weighted by molar-refractivity contribution is 0.439. The van der Waals surface area contributed by atoms with Crippen molar-refractivity contribution < 1.29 is 9.13 Å². The summed E-state index contributed by atoms with van der Waals surface area (Å²) in [6.07, 6.45) is 0. The van der Waals surface area contributed by atoms with Crippen LogP contribution in [-0.2, 0) is 0 Å². The van der Waals surface area contributed by atoms with Crippen LogP contribution >= 0.6 is 43.2 Å². The Bertz CT molecular complexity index is 489. The Morgan fingerprint density at radius 3 is 2.73 bits per heavy atom. The molecule has 78 valence electrons. The molecule has 2 nitrogen and oxygen atoms in total. The van der Waals surface area contributed by atoms with Crippen LogP contribution < -0.4 is 4.74 Å². The van der Waals surface area contributed by atoms with Gasteiger partial charge >= 0.3 is 0 Å². The van der Waals surface area contributed by atoms with Gasteiger partial charge in [0.15, 0.2) is 11.6 Å². The molecule has 0 saturated carbocycles. The maximum absolute atomic E-state index is 13.4. The summed E-state index contributed by atoms with van der Waals surface area (Å²) in [6.45, 7) is 0. The van der Waals surface area contributed by atoms with Gasteiger partial charge < -0.3 is 4.74 Å². The fraction of sp³-hybridized carbons (Fsp3) is 0. The van der Waals surface area contributed by atoms with E-state index in [2.05, 4.69) is 36.8 Å². The Kier molecular flexibility index (Phi) is 3.38. The van der Waals surface area contributed by atoms with E-state index in [4.69, 9.17) is 4.74 Å². The summed E-state index contributed by atoms with van der Waals surface area (Å²) in [5.41, 5.74) is 0. The van der Waals surface area contributed by atoms with Crippen LogP contribution in [0.5, 0.6) is 10.9 Å². The summed E-state index contributed by atoms with van der Waals surface area (Å²) >= 11 is 7.66. The molecule has 0 atom stereocenters. The van der Waals surface area contributed by atoms with Crippen molar-refractivity contribution in [1.82, 2.24) is 4.98 Å². The van der Waals surface area contributed by atoms with Crippen LogP contribution in [0.2, 0.25) is 0 Å². The molecule has 6 heteroatoms. The topological polar surface area (TPSA) is 22.1 Å². The lowest BCUT2D eigenvalue weighted by atomic mass is 10.3. The van der Waals surface area contributed by atoms with Gasteiger partial charge in [0.2, 0.25) is 0 Å². The quantitative estimate of drug-likeness (QED) is 0.788. The number of halogens is 3. The summed E-state index contributed by atoms with van der Waals surface area (Å²) in [6, 6.07) is 4.60. The van der Waals surface area contributed by atoms with Crippen molar-refractivity contribution in [2.75, 3.05) is 0 Å². The van der Waals surface area contributed by atoms with Crippen molar-refractivity contribution in [3.05, 3.63) is 38.5 Å². The van der Waals surface area contributed by atoms with Crippen molar-refractivity contribution >= 4 is 43.2 Å². The van der Waals surface area contributed by atoms with Gasteiger partial charge in [0, 0.05) is 9.85 Å². The standard InChI is InChI=1S/C9H4Br2FNOS/c10-5-1-2-7(6(12)3-5)14-9-13-8(11)4-15-9/h1-4H. The van der Waals surface area contributed by atoms with E-state index in [9.17, 15) is 4.39 Å². The SMILES string of the molecule is Fc1cc(Br)ccc1Oc1nc(Br)cs1. The minimum Gasteiger partial charge on any atom is -0.428 e. The zero-order valence-electron chi connectivity index (χ0n) is 7.21. The molecule has 2 aromatic rings. The Morgan fingerprint density at radius 2 is 2.13 bits per heavy atom. The van der Waals surface area contributed by atoms with Gasteiger partial charge in [-0.25, -0.2) is 4.39 Å². The maximum Gasteiger partial charge on any atom is 0.279 e. The fourth-order valence-electron chi connectivity index (χ4n) is 0.938. The summed E-state index contributed by atoms with van der Waals surface area (Å²) in [7, 11) is 0. The van der Waals surface area contributed by atoms with E-state index in [1.807, 2.05) is 0 Å². The lowest BCUT2D eigenvalue weighted by Crippen LogP contribution is -1.87. The van der Waals surface area contributed by atoms with Gasteiger partial charge in [0.05, 0.1) is 0 Å². The molecule has 0 radical (unpaired) electrons. The van der Waals surface area contributed by atoms with E-state index in [-0.39, 0.29) is 5.75 Å². The van der Waals surface area contributed by atoms with E-state index in [0.29, 0.717) is 14.3 Å². The van der Waals surface area contributed by atoms with E-state index in [0.717, 1.165) is 0 Å². The lowest BCUT2D eigenvalue weighted by Gasteiger charge is -2.02. The normalized spacial score (nSPS) is 10.3. The van der Waals surface area contributed by atoms with Crippen molar-refractivity contribution in [3.8, 4) is 10.9 Å². The van der Waals surface area contributed by atoms with Crippen LogP contribution in [0.25, 0.3) is 0 Å². The number of aromatic nitrogens is 1. The molecule has 0 unspecified atom stereocenters. The largest absolute Gasteiger partial charge is 0.428 e. The van der Waals surface area contributed by atoms with Crippen LogP contribution in [-0.4, -0.2) is 4.98 Å². The van der Waals surface area contributed by atoms with E-state index < -0.39 is 5.82 Å². The minimum absolute atomic E-state index is 0.167. The number of benzene rings is 1. The van der Waals surface area contributed by atoms with Gasteiger partial charge in [-0.2, -0.15) is 4.98 Å². The second-order valence-electron chi connectivity index (χ2n) is 2.61. The molecule has 1 aromatic carbocycles. The van der Waals surface area contributed by atoms with Crippen molar-refractivity contribution in [2.45, 2.75) is 0 Å². The van der Waals surface area contributed by atoms with Gasteiger partial charge in [-0.1, -0.05) is 27.3 Å². The average Bonchev–Trinajstić information content (AvgIpc) is 2.56. The summed E-state index contributed by atoms with van der Waals surface area (Å²) < 4.78 is 20.0. The molecule has 0 N–H and O–H groups in total.